The van der Waals surface area contributed by atoms with Crippen molar-refractivity contribution in [2.75, 3.05) is 19.7 Å². The van der Waals surface area contributed by atoms with Gasteiger partial charge in [-0.3, -0.25) is 0 Å². The minimum Gasteiger partial charge on any atom is -0.478 e. The first-order valence-corrected chi connectivity index (χ1v) is 6.34. The first-order valence-electron chi connectivity index (χ1n) is 6.34. The molecule has 84 valence electrons. The zero-order chi connectivity index (χ0) is 10.1. The highest BCUT2D eigenvalue weighted by Gasteiger charge is 2.34. The Bertz CT molecular complexity index is 254. The Labute approximate surface area is 91.3 Å². The summed E-state index contributed by atoms with van der Waals surface area (Å²) in [7, 11) is 0. The van der Waals surface area contributed by atoms with Crippen molar-refractivity contribution in [2.45, 2.75) is 38.1 Å². The van der Waals surface area contributed by atoms with Gasteiger partial charge < -0.3 is 10.1 Å². The summed E-state index contributed by atoms with van der Waals surface area (Å²) in [4.78, 5) is 4.79. The van der Waals surface area contributed by atoms with Crippen molar-refractivity contribution in [3.05, 3.63) is 0 Å². The van der Waals surface area contributed by atoms with Crippen LogP contribution in [0, 0.1) is 11.8 Å². The van der Waals surface area contributed by atoms with Crippen molar-refractivity contribution in [3.63, 3.8) is 0 Å². The fraction of sp³-hybridized carbons (Fsp3) is 0.917. The van der Waals surface area contributed by atoms with Crippen LogP contribution in [-0.2, 0) is 4.74 Å². The van der Waals surface area contributed by atoms with Crippen LogP contribution < -0.4 is 5.32 Å². The molecule has 0 radical (unpaired) electrons. The number of aliphatic imine (C=N–C) groups is 1. The van der Waals surface area contributed by atoms with Crippen LogP contribution in [0.2, 0.25) is 0 Å². The molecule has 3 rings (SSSR count). The van der Waals surface area contributed by atoms with Gasteiger partial charge in [-0.2, -0.15) is 0 Å². The third-order valence-electron chi connectivity index (χ3n) is 4.04. The molecule has 0 aromatic rings. The van der Waals surface area contributed by atoms with Crippen molar-refractivity contribution in [1.82, 2.24) is 5.32 Å². The molecule has 3 heteroatoms. The van der Waals surface area contributed by atoms with E-state index in [1.807, 2.05) is 0 Å². The molecule has 0 spiro atoms. The highest BCUT2D eigenvalue weighted by molar-refractivity contribution is 5.80. The second-order valence-electron chi connectivity index (χ2n) is 5.08. The number of hydrogen-bond donors (Lipinski definition) is 1. The van der Waals surface area contributed by atoms with Gasteiger partial charge in [0.2, 0.25) is 0 Å². The van der Waals surface area contributed by atoms with Gasteiger partial charge in [-0.05, 0) is 38.1 Å². The van der Waals surface area contributed by atoms with Crippen LogP contribution in [0.1, 0.15) is 32.1 Å². The molecule has 0 amide bonds. The fourth-order valence-electron chi connectivity index (χ4n) is 2.76. The monoisotopic (exact) mass is 208 g/mol. The van der Waals surface area contributed by atoms with Gasteiger partial charge >= 0.3 is 0 Å². The minimum atomic E-state index is 0.496. The van der Waals surface area contributed by atoms with Gasteiger partial charge in [-0.15, -0.1) is 0 Å². The largest absolute Gasteiger partial charge is 0.478 e. The van der Waals surface area contributed by atoms with Crippen LogP contribution in [-0.4, -0.2) is 31.6 Å². The van der Waals surface area contributed by atoms with Crippen LogP contribution in [0.4, 0.5) is 0 Å². The molecule has 2 heterocycles. The molecule has 2 unspecified atom stereocenters. The summed E-state index contributed by atoms with van der Waals surface area (Å²) < 4.78 is 5.77. The number of piperidine rings is 1. The van der Waals surface area contributed by atoms with E-state index < -0.39 is 0 Å². The summed E-state index contributed by atoms with van der Waals surface area (Å²) in [6.07, 6.45) is 6.66. The molecule has 15 heavy (non-hydrogen) atoms. The van der Waals surface area contributed by atoms with Crippen LogP contribution in [0.25, 0.3) is 0 Å². The van der Waals surface area contributed by atoms with Gasteiger partial charge in [0, 0.05) is 12.5 Å². The second kappa shape index (κ2) is 4.12. The molecule has 0 aromatic carbocycles. The van der Waals surface area contributed by atoms with E-state index in [4.69, 9.17) is 9.73 Å². The maximum atomic E-state index is 5.77. The van der Waals surface area contributed by atoms with Crippen molar-refractivity contribution >= 4 is 5.90 Å². The standard InChI is InChI=1S/C12H20N2O/c1-3-9(4-1)11-8-15-12(14-11)10-5-2-6-13-7-10/h9-11,13H,1-8H2. The van der Waals surface area contributed by atoms with E-state index >= 15 is 0 Å². The van der Waals surface area contributed by atoms with Gasteiger partial charge in [0.15, 0.2) is 5.90 Å². The molecule has 1 aliphatic carbocycles. The summed E-state index contributed by atoms with van der Waals surface area (Å²) in [5.41, 5.74) is 0. The summed E-state index contributed by atoms with van der Waals surface area (Å²) in [6.45, 7) is 3.09. The summed E-state index contributed by atoms with van der Waals surface area (Å²) in [5, 5.41) is 3.42. The van der Waals surface area contributed by atoms with E-state index in [9.17, 15) is 0 Å². The van der Waals surface area contributed by atoms with Crippen LogP contribution in [0.3, 0.4) is 0 Å². The van der Waals surface area contributed by atoms with Crippen molar-refractivity contribution in [3.8, 4) is 0 Å². The van der Waals surface area contributed by atoms with E-state index in [-0.39, 0.29) is 0 Å². The Balaban J connectivity index is 1.61. The lowest BCUT2D eigenvalue weighted by Crippen LogP contribution is -2.34. The topological polar surface area (TPSA) is 33.6 Å². The number of rotatable bonds is 2. The SMILES string of the molecule is C1CNCC(C2=NC(C3CCC3)CO2)C1. The van der Waals surface area contributed by atoms with E-state index in [0.29, 0.717) is 12.0 Å². The van der Waals surface area contributed by atoms with Crippen molar-refractivity contribution in [1.29, 1.82) is 0 Å². The fourth-order valence-corrected chi connectivity index (χ4v) is 2.76. The lowest BCUT2D eigenvalue weighted by Gasteiger charge is -2.28. The first kappa shape index (κ1) is 9.64. The maximum Gasteiger partial charge on any atom is 0.188 e. The molecule has 1 saturated heterocycles. The molecule has 0 aromatic heterocycles. The van der Waals surface area contributed by atoms with Gasteiger partial charge in [-0.25, -0.2) is 4.99 Å². The number of hydrogen-bond acceptors (Lipinski definition) is 3. The minimum absolute atomic E-state index is 0.496. The third kappa shape index (κ3) is 1.89. The molecule has 2 fully saturated rings. The Kier molecular flexibility index (Phi) is 2.65. The zero-order valence-corrected chi connectivity index (χ0v) is 9.24. The van der Waals surface area contributed by atoms with E-state index in [0.717, 1.165) is 31.5 Å². The summed E-state index contributed by atoms with van der Waals surface area (Å²) >= 11 is 0. The van der Waals surface area contributed by atoms with Crippen LogP contribution >= 0.6 is 0 Å². The van der Waals surface area contributed by atoms with E-state index in [2.05, 4.69) is 5.32 Å². The quantitative estimate of drug-likeness (QED) is 0.747. The predicted octanol–water partition coefficient (Wildman–Crippen LogP) is 1.58. The molecule has 0 bridgehead atoms. The smallest absolute Gasteiger partial charge is 0.188 e. The van der Waals surface area contributed by atoms with Crippen molar-refractivity contribution < 1.29 is 4.74 Å². The third-order valence-corrected chi connectivity index (χ3v) is 4.04. The van der Waals surface area contributed by atoms with Crippen molar-refractivity contribution in [2.24, 2.45) is 16.8 Å². The molecule has 2 aliphatic heterocycles. The number of nitrogens with one attached hydrogen (secondary N) is 1. The summed E-state index contributed by atoms with van der Waals surface area (Å²) in [5.74, 6) is 2.45. The van der Waals surface area contributed by atoms with Crippen LogP contribution in [0.15, 0.2) is 4.99 Å². The van der Waals surface area contributed by atoms with E-state index in [1.165, 1.54) is 32.1 Å². The van der Waals surface area contributed by atoms with Gasteiger partial charge in [0.25, 0.3) is 0 Å². The normalized spacial score (nSPS) is 36.9. The predicted molar refractivity (Wildman–Crippen MR) is 60.1 cm³/mol. The first-order chi connectivity index (χ1) is 7.43. The lowest BCUT2D eigenvalue weighted by molar-refractivity contribution is 0.207. The van der Waals surface area contributed by atoms with E-state index in [1.54, 1.807) is 0 Å². The van der Waals surface area contributed by atoms with Gasteiger partial charge in [-0.1, -0.05) is 6.42 Å². The van der Waals surface area contributed by atoms with Crippen LogP contribution in [0.5, 0.6) is 0 Å². The molecule has 1 N–H and O–H groups in total. The molecular weight excluding hydrogens is 188 g/mol. The molecular formula is C12H20N2O. The zero-order valence-electron chi connectivity index (χ0n) is 9.24. The molecule has 2 atom stereocenters. The summed E-state index contributed by atoms with van der Waals surface area (Å²) in [6, 6.07) is 0.496. The Morgan fingerprint density at radius 3 is 2.80 bits per heavy atom. The molecule has 3 aliphatic rings. The number of nitrogens with zero attached hydrogens (tertiary/aromatic N) is 1. The average Bonchev–Trinajstić information content (AvgIpc) is 2.66. The lowest BCUT2D eigenvalue weighted by atomic mass is 9.80. The molecule has 1 saturated carbocycles. The Morgan fingerprint density at radius 2 is 2.13 bits per heavy atom. The highest BCUT2D eigenvalue weighted by Crippen LogP contribution is 2.34. The number of ether oxygens (including phenoxy) is 1. The molecule has 3 nitrogen and oxygen atoms in total. The maximum absolute atomic E-state index is 5.77. The highest BCUT2D eigenvalue weighted by atomic mass is 16.5. The van der Waals surface area contributed by atoms with Gasteiger partial charge in [0.05, 0.1) is 6.04 Å². The Morgan fingerprint density at radius 1 is 1.20 bits per heavy atom. The second-order valence-corrected chi connectivity index (χ2v) is 5.08. The van der Waals surface area contributed by atoms with Gasteiger partial charge in [0.1, 0.15) is 6.61 Å². The average molecular weight is 208 g/mol. The Hall–Kier alpha value is -0.570.